The highest BCUT2D eigenvalue weighted by Gasteiger charge is 2.53. The standard InChI is InChI=1S/C15H24N2O3/c1-2-3-8-16(10-4-5-10)15(20)17-11-6-7-13(17)12(9-11)14(18)19/h10-13H,2-9H2,1H3,(H,18,19). The number of nitrogens with zero attached hydrogens (tertiary/aromatic N) is 2. The molecule has 1 N–H and O–H groups in total. The first-order valence-electron chi connectivity index (χ1n) is 7.95. The molecule has 0 aromatic carbocycles. The van der Waals surface area contributed by atoms with Gasteiger partial charge in [-0.2, -0.15) is 0 Å². The fraction of sp³-hybridized carbons (Fsp3) is 0.867. The quantitative estimate of drug-likeness (QED) is 0.840. The molecule has 5 nitrogen and oxygen atoms in total. The van der Waals surface area contributed by atoms with Gasteiger partial charge in [0.25, 0.3) is 0 Å². The summed E-state index contributed by atoms with van der Waals surface area (Å²) in [6.07, 6.45) is 6.83. The number of carbonyl (C=O) groups excluding carboxylic acids is 1. The molecule has 2 bridgehead atoms. The predicted octanol–water partition coefficient (Wildman–Crippen LogP) is 2.31. The molecule has 3 fully saturated rings. The number of urea groups is 1. The van der Waals surface area contributed by atoms with E-state index in [9.17, 15) is 14.7 Å². The Morgan fingerprint density at radius 2 is 2.00 bits per heavy atom. The van der Waals surface area contributed by atoms with Gasteiger partial charge in [-0.15, -0.1) is 0 Å². The Morgan fingerprint density at radius 3 is 2.55 bits per heavy atom. The zero-order chi connectivity index (χ0) is 14.3. The van der Waals surface area contributed by atoms with Crippen molar-refractivity contribution in [1.82, 2.24) is 9.80 Å². The number of aliphatic carboxylic acids is 1. The second kappa shape index (κ2) is 5.26. The molecule has 3 rings (SSSR count). The first-order chi connectivity index (χ1) is 9.63. The molecule has 0 aromatic rings. The van der Waals surface area contributed by atoms with Crippen LogP contribution in [0.4, 0.5) is 4.79 Å². The molecule has 2 aliphatic heterocycles. The van der Waals surface area contributed by atoms with Crippen LogP contribution in [-0.2, 0) is 4.79 Å². The zero-order valence-electron chi connectivity index (χ0n) is 12.1. The van der Waals surface area contributed by atoms with Crippen molar-refractivity contribution in [3.8, 4) is 0 Å². The van der Waals surface area contributed by atoms with Crippen LogP contribution in [0.1, 0.15) is 51.9 Å². The average Bonchev–Trinajstić information content (AvgIpc) is 3.10. The molecular weight excluding hydrogens is 256 g/mol. The summed E-state index contributed by atoms with van der Waals surface area (Å²) < 4.78 is 0. The lowest BCUT2D eigenvalue weighted by Gasteiger charge is -2.31. The van der Waals surface area contributed by atoms with Gasteiger partial charge in [0.1, 0.15) is 0 Å². The van der Waals surface area contributed by atoms with E-state index in [-0.39, 0.29) is 24.0 Å². The fourth-order valence-electron chi connectivity index (χ4n) is 3.85. The Bertz CT molecular complexity index is 408. The molecule has 3 atom stereocenters. The minimum absolute atomic E-state index is 0.0622. The second-order valence-corrected chi connectivity index (χ2v) is 6.45. The molecule has 0 aromatic heterocycles. The van der Waals surface area contributed by atoms with E-state index < -0.39 is 5.97 Å². The highest BCUT2D eigenvalue weighted by atomic mass is 16.4. The van der Waals surface area contributed by atoms with Crippen LogP contribution in [0.25, 0.3) is 0 Å². The molecule has 2 amide bonds. The van der Waals surface area contributed by atoms with E-state index in [1.165, 1.54) is 0 Å². The van der Waals surface area contributed by atoms with E-state index in [4.69, 9.17) is 0 Å². The summed E-state index contributed by atoms with van der Waals surface area (Å²) in [5, 5.41) is 9.28. The lowest BCUT2D eigenvalue weighted by molar-refractivity contribution is -0.142. The van der Waals surface area contributed by atoms with Crippen LogP contribution in [0, 0.1) is 5.92 Å². The third-order valence-electron chi connectivity index (χ3n) is 5.06. The van der Waals surface area contributed by atoms with Gasteiger partial charge in [0.05, 0.1) is 5.92 Å². The first kappa shape index (κ1) is 13.7. The van der Waals surface area contributed by atoms with Crippen molar-refractivity contribution in [2.45, 2.75) is 70.0 Å². The van der Waals surface area contributed by atoms with Gasteiger partial charge in [-0.05, 0) is 38.5 Å². The molecule has 1 aliphatic carbocycles. The predicted molar refractivity (Wildman–Crippen MR) is 74.4 cm³/mol. The molecule has 0 spiro atoms. The Labute approximate surface area is 119 Å². The fourth-order valence-corrected chi connectivity index (χ4v) is 3.85. The average molecular weight is 280 g/mol. The Balaban J connectivity index is 1.71. The van der Waals surface area contributed by atoms with Crippen molar-refractivity contribution in [3.05, 3.63) is 0 Å². The van der Waals surface area contributed by atoms with Gasteiger partial charge in [0, 0.05) is 24.7 Å². The maximum absolute atomic E-state index is 12.8. The lowest BCUT2D eigenvalue weighted by Crippen LogP contribution is -2.47. The van der Waals surface area contributed by atoms with Crippen molar-refractivity contribution in [1.29, 1.82) is 0 Å². The minimum Gasteiger partial charge on any atom is -0.481 e. The van der Waals surface area contributed by atoms with Crippen molar-refractivity contribution >= 4 is 12.0 Å². The number of hydrogen-bond donors (Lipinski definition) is 1. The summed E-state index contributed by atoms with van der Waals surface area (Å²) in [7, 11) is 0. The van der Waals surface area contributed by atoms with Crippen molar-refractivity contribution in [3.63, 3.8) is 0 Å². The van der Waals surface area contributed by atoms with Crippen LogP contribution in [-0.4, -0.2) is 51.6 Å². The Kier molecular flexibility index (Phi) is 3.61. The molecule has 2 saturated heterocycles. The Morgan fingerprint density at radius 1 is 1.25 bits per heavy atom. The van der Waals surface area contributed by atoms with E-state index >= 15 is 0 Å². The summed E-state index contributed by atoms with van der Waals surface area (Å²) in [6, 6.07) is 0.624. The van der Waals surface area contributed by atoms with E-state index in [2.05, 4.69) is 6.92 Å². The van der Waals surface area contributed by atoms with Gasteiger partial charge in [0.2, 0.25) is 0 Å². The van der Waals surface area contributed by atoms with Crippen LogP contribution in [0.2, 0.25) is 0 Å². The maximum Gasteiger partial charge on any atom is 0.320 e. The summed E-state index contributed by atoms with van der Waals surface area (Å²) in [6.45, 7) is 2.96. The smallest absolute Gasteiger partial charge is 0.320 e. The van der Waals surface area contributed by atoms with Gasteiger partial charge < -0.3 is 14.9 Å². The molecule has 20 heavy (non-hydrogen) atoms. The van der Waals surface area contributed by atoms with Crippen molar-refractivity contribution < 1.29 is 14.7 Å². The van der Waals surface area contributed by atoms with Crippen LogP contribution in [0.5, 0.6) is 0 Å². The third-order valence-corrected chi connectivity index (χ3v) is 5.06. The highest BCUT2D eigenvalue weighted by Crippen LogP contribution is 2.43. The normalized spacial score (nSPS) is 31.6. The number of rotatable bonds is 5. The number of carbonyl (C=O) groups is 2. The topological polar surface area (TPSA) is 60.9 Å². The number of fused-ring (bicyclic) bond motifs is 2. The number of carboxylic acid groups (broad SMARTS) is 1. The van der Waals surface area contributed by atoms with E-state index in [1.54, 1.807) is 0 Å². The molecule has 1 saturated carbocycles. The van der Waals surface area contributed by atoms with Gasteiger partial charge in [0.15, 0.2) is 0 Å². The maximum atomic E-state index is 12.8. The van der Waals surface area contributed by atoms with Gasteiger partial charge in [-0.3, -0.25) is 4.79 Å². The van der Waals surface area contributed by atoms with E-state index in [0.29, 0.717) is 12.5 Å². The molecule has 112 valence electrons. The molecule has 3 aliphatic rings. The van der Waals surface area contributed by atoms with Gasteiger partial charge in [-0.1, -0.05) is 13.3 Å². The van der Waals surface area contributed by atoms with Crippen LogP contribution in [0.15, 0.2) is 0 Å². The lowest BCUT2D eigenvalue weighted by atomic mass is 9.89. The van der Waals surface area contributed by atoms with E-state index in [1.807, 2.05) is 9.80 Å². The summed E-state index contributed by atoms with van der Waals surface area (Å²) in [4.78, 5) is 28.0. The minimum atomic E-state index is -0.735. The molecule has 3 unspecified atom stereocenters. The summed E-state index contributed by atoms with van der Waals surface area (Å²) >= 11 is 0. The SMILES string of the molecule is CCCCN(C(=O)N1C2CCC1C(C(=O)O)C2)C1CC1. The largest absolute Gasteiger partial charge is 0.481 e. The number of amides is 2. The van der Waals surface area contributed by atoms with Crippen LogP contribution < -0.4 is 0 Å². The van der Waals surface area contributed by atoms with Crippen molar-refractivity contribution in [2.24, 2.45) is 5.92 Å². The van der Waals surface area contributed by atoms with Gasteiger partial charge >= 0.3 is 12.0 Å². The third kappa shape index (κ3) is 2.27. The molecule has 5 heteroatoms. The highest BCUT2D eigenvalue weighted by molar-refractivity contribution is 5.80. The van der Waals surface area contributed by atoms with E-state index in [0.717, 1.165) is 45.1 Å². The Hall–Kier alpha value is -1.26. The molecule has 2 heterocycles. The summed E-state index contributed by atoms with van der Waals surface area (Å²) in [5.74, 6) is -1.08. The molecular formula is C15H24N2O3. The van der Waals surface area contributed by atoms with Gasteiger partial charge in [-0.25, -0.2) is 4.79 Å². The molecule has 0 radical (unpaired) electrons. The zero-order valence-corrected chi connectivity index (χ0v) is 12.1. The first-order valence-corrected chi connectivity index (χ1v) is 7.95. The van der Waals surface area contributed by atoms with Crippen LogP contribution in [0.3, 0.4) is 0 Å². The summed E-state index contributed by atoms with van der Waals surface area (Å²) in [5.41, 5.74) is 0. The number of hydrogen-bond acceptors (Lipinski definition) is 2. The van der Waals surface area contributed by atoms with Crippen LogP contribution >= 0.6 is 0 Å². The second-order valence-electron chi connectivity index (χ2n) is 6.45. The number of carboxylic acids is 1. The monoisotopic (exact) mass is 280 g/mol. The van der Waals surface area contributed by atoms with Crippen molar-refractivity contribution in [2.75, 3.05) is 6.54 Å². The number of unbranched alkanes of at least 4 members (excludes halogenated alkanes) is 1.